The number of hydrogen-bond acceptors (Lipinski definition) is 2. The number of benzene rings is 1. The molecule has 0 saturated carbocycles. The molecule has 2 nitrogen and oxygen atoms in total. The summed E-state index contributed by atoms with van der Waals surface area (Å²) in [5, 5.41) is 0. The highest BCUT2D eigenvalue weighted by Gasteiger charge is 2.48. The molecule has 0 amide bonds. The van der Waals surface area contributed by atoms with E-state index in [0.717, 1.165) is 0 Å². The molecule has 0 unspecified atom stereocenters. The summed E-state index contributed by atoms with van der Waals surface area (Å²) in [5.74, 6) is -2.93. The standard InChI is InChI=1S/C7H3F5O2S/c8-4-1-2-6(5(9)3-4)15(13,14)7(10,11)12/h1-3H. The number of hydrogen-bond donors (Lipinski definition) is 0. The molecule has 0 fully saturated rings. The Balaban J connectivity index is 3.42. The Kier molecular flexibility index (Phi) is 2.73. The van der Waals surface area contributed by atoms with E-state index in [0.29, 0.717) is 6.07 Å². The van der Waals surface area contributed by atoms with Gasteiger partial charge in [-0.1, -0.05) is 0 Å². The summed E-state index contributed by atoms with van der Waals surface area (Å²) in [6.07, 6.45) is 0. The van der Waals surface area contributed by atoms with Crippen LogP contribution >= 0.6 is 0 Å². The summed E-state index contributed by atoms with van der Waals surface area (Å²) < 4.78 is 82.3. The van der Waals surface area contributed by atoms with Gasteiger partial charge in [0.2, 0.25) is 0 Å². The molecule has 0 atom stereocenters. The van der Waals surface area contributed by atoms with Crippen LogP contribution in [0.25, 0.3) is 0 Å². The van der Waals surface area contributed by atoms with E-state index in [-0.39, 0.29) is 12.1 Å². The fraction of sp³-hybridized carbons (Fsp3) is 0.143. The zero-order valence-electron chi connectivity index (χ0n) is 6.85. The summed E-state index contributed by atoms with van der Waals surface area (Å²) in [6, 6.07) is 0.730. The van der Waals surface area contributed by atoms with E-state index in [2.05, 4.69) is 0 Å². The van der Waals surface area contributed by atoms with Crippen molar-refractivity contribution in [2.24, 2.45) is 0 Å². The Morgan fingerprint density at radius 1 is 1.07 bits per heavy atom. The van der Waals surface area contributed by atoms with Gasteiger partial charge < -0.3 is 0 Å². The summed E-state index contributed by atoms with van der Waals surface area (Å²) in [6.45, 7) is 0. The second kappa shape index (κ2) is 3.44. The molecule has 0 saturated heterocycles. The van der Waals surface area contributed by atoms with Crippen molar-refractivity contribution in [1.82, 2.24) is 0 Å². The van der Waals surface area contributed by atoms with Crippen molar-refractivity contribution in [2.75, 3.05) is 0 Å². The first kappa shape index (κ1) is 11.9. The average molecular weight is 246 g/mol. The molecule has 1 aromatic carbocycles. The molecule has 0 aliphatic heterocycles. The van der Waals surface area contributed by atoms with Gasteiger partial charge in [0.25, 0.3) is 9.84 Å². The molecule has 0 aliphatic carbocycles. The highest BCUT2D eigenvalue weighted by molar-refractivity contribution is 7.92. The van der Waals surface area contributed by atoms with Gasteiger partial charge in [0.05, 0.1) is 0 Å². The molecule has 0 aliphatic rings. The zero-order valence-corrected chi connectivity index (χ0v) is 7.66. The molecule has 0 aromatic heterocycles. The molecule has 0 bridgehead atoms. The third kappa shape index (κ3) is 2.09. The Bertz CT molecular complexity index is 477. The molecule has 1 aromatic rings. The first-order valence-electron chi connectivity index (χ1n) is 3.42. The van der Waals surface area contributed by atoms with E-state index in [1.807, 2.05) is 0 Å². The minimum atomic E-state index is -5.77. The van der Waals surface area contributed by atoms with Crippen molar-refractivity contribution < 1.29 is 30.4 Å². The molecule has 1 rings (SSSR count). The van der Waals surface area contributed by atoms with Crippen molar-refractivity contribution in [1.29, 1.82) is 0 Å². The predicted octanol–water partition coefficient (Wildman–Crippen LogP) is 2.26. The Labute approximate surface area is 81.2 Å². The second-order valence-electron chi connectivity index (χ2n) is 2.52. The minimum Gasteiger partial charge on any atom is -0.214 e. The lowest BCUT2D eigenvalue weighted by Crippen LogP contribution is -2.24. The van der Waals surface area contributed by atoms with Crippen LogP contribution in [-0.2, 0) is 9.84 Å². The molecule has 8 heteroatoms. The van der Waals surface area contributed by atoms with Crippen LogP contribution in [0.4, 0.5) is 22.0 Å². The van der Waals surface area contributed by atoms with Gasteiger partial charge >= 0.3 is 5.51 Å². The van der Waals surface area contributed by atoms with Crippen molar-refractivity contribution in [3.63, 3.8) is 0 Å². The molecule has 0 heterocycles. The van der Waals surface area contributed by atoms with E-state index >= 15 is 0 Å². The molecular weight excluding hydrogens is 243 g/mol. The van der Waals surface area contributed by atoms with Crippen LogP contribution in [0, 0.1) is 11.6 Å². The van der Waals surface area contributed by atoms with Crippen LogP contribution in [0.3, 0.4) is 0 Å². The first-order valence-corrected chi connectivity index (χ1v) is 4.91. The van der Waals surface area contributed by atoms with E-state index in [4.69, 9.17) is 0 Å². The highest BCUT2D eigenvalue weighted by Crippen LogP contribution is 2.31. The lowest BCUT2D eigenvalue weighted by Gasteiger charge is -2.08. The van der Waals surface area contributed by atoms with Crippen LogP contribution in [-0.4, -0.2) is 13.9 Å². The summed E-state index contributed by atoms with van der Waals surface area (Å²) in [5.41, 5.74) is -5.61. The van der Waals surface area contributed by atoms with Crippen LogP contribution < -0.4 is 0 Å². The van der Waals surface area contributed by atoms with E-state index in [9.17, 15) is 30.4 Å². The lowest BCUT2D eigenvalue weighted by atomic mass is 10.3. The average Bonchev–Trinajstić information content (AvgIpc) is 2.00. The summed E-state index contributed by atoms with van der Waals surface area (Å²) in [4.78, 5) is -1.59. The van der Waals surface area contributed by atoms with Gasteiger partial charge in [0.15, 0.2) is 0 Å². The maximum atomic E-state index is 12.8. The predicted molar refractivity (Wildman–Crippen MR) is 39.6 cm³/mol. The number of sulfone groups is 1. The quantitative estimate of drug-likeness (QED) is 0.562. The third-order valence-electron chi connectivity index (χ3n) is 1.49. The molecular formula is C7H3F5O2S. The van der Waals surface area contributed by atoms with Gasteiger partial charge in [0, 0.05) is 6.07 Å². The largest absolute Gasteiger partial charge is 0.502 e. The van der Waals surface area contributed by atoms with Crippen LogP contribution in [0.15, 0.2) is 23.1 Å². The Morgan fingerprint density at radius 2 is 1.60 bits per heavy atom. The topological polar surface area (TPSA) is 34.1 Å². The van der Waals surface area contributed by atoms with Gasteiger partial charge in [-0.3, -0.25) is 0 Å². The van der Waals surface area contributed by atoms with Gasteiger partial charge in [-0.25, -0.2) is 17.2 Å². The van der Waals surface area contributed by atoms with Gasteiger partial charge in [-0.15, -0.1) is 0 Å². The van der Waals surface area contributed by atoms with Gasteiger partial charge in [-0.05, 0) is 12.1 Å². The highest BCUT2D eigenvalue weighted by atomic mass is 32.2. The fourth-order valence-electron chi connectivity index (χ4n) is 0.818. The monoisotopic (exact) mass is 246 g/mol. The molecule has 0 radical (unpaired) electrons. The molecule has 15 heavy (non-hydrogen) atoms. The van der Waals surface area contributed by atoms with E-state index in [1.165, 1.54) is 0 Å². The first-order chi connectivity index (χ1) is 6.66. The second-order valence-corrected chi connectivity index (χ2v) is 4.43. The normalized spacial score (nSPS) is 12.9. The lowest BCUT2D eigenvalue weighted by molar-refractivity contribution is -0.0437. The number of alkyl halides is 3. The van der Waals surface area contributed by atoms with E-state index in [1.54, 1.807) is 0 Å². The minimum absolute atomic E-state index is 0.0681. The van der Waals surface area contributed by atoms with Crippen molar-refractivity contribution >= 4 is 9.84 Å². The Hall–Kier alpha value is -1.18. The summed E-state index contributed by atoms with van der Waals surface area (Å²) >= 11 is 0. The van der Waals surface area contributed by atoms with Crippen LogP contribution in [0.1, 0.15) is 0 Å². The SMILES string of the molecule is O=S(=O)(c1ccc(F)cc1F)C(F)(F)F. The summed E-state index contributed by atoms with van der Waals surface area (Å²) in [7, 11) is -5.77. The molecule has 0 spiro atoms. The van der Waals surface area contributed by atoms with Crippen molar-refractivity contribution in [3.8, 4) is 0 Å². The van der Waals surface area contributed by atoms with Crippen LogP contribution in [0.5, 0.6) is 0 Å². The van der Waals surface area contributed by atoms with Crippen LogP contribution in [0.2, 0.25) is 0 Å². The third-order valence-corrected chi connectivity index (χ3v) is 3.01. The van der Waals surface area contributed by atoms with Gasteiger partial charge in [-0.2, -0.15) is 13.2 Å². The molecule has 84 valence electrons. The molecule has 0 N–H and O–H groups in total. The van der Waals surface area contributed by atoms with Crippen molar-refractivity contribution in [2.45, 2.75) is 10.4 Å². The van der Waals surface area contributed by atoms with E-state index < -0.39 is 31.9 Å². The number of halogens is 5. The zero-order chi connectivity index (χ0) is 11.9. The smallest absolute Gasteiger partial charge is 0.214 e. The fourth-order valence-corrected chi connectivity index (χ4v) is 1.63. The number of rotatable bonds is 1. The maximum absolute atomic E-state index is 12.8. The van der Waals surface area contributed by atoms with Gasteiger partial charge in [0.1, 0.15) is 16.5 Å². The maximum Gasteiger partial charge on any atom is 0.502 e. The van der Waals surface area contributed by atoms with Crippen molar-refractivity contribution in [3.05, 3.63) is 29.8 Å². The Morgan fingerprint density at radius 3 is 2.00 bits per heavy atom.